The van der Waals surface area contributed by atoms with Crippen LogP contribution in [-0.4, -0.2) is 81.6 Å². The van der Waals surface area contributed by atoms with Crippen LogP contribution in [0.25, 0.3) is 0 Å². The van der Waals surface area contributed by atoms with Crippen molar-refractivity contribution in [2.45, 2.75) is 85.2 Å². The van der Waals surface area contributed by atoms with Gasteiger partial charge in [0.1, 0.15) is 0 Å². The van der Waals surface area contributed by atoms with Crippen molar-refractivity contribution < 1.29 is 19.2 Å². The minimum atomic E-state index is -0.609. The Morgan fingerprint density at radius 3 is 2.47 bits per heavy atom. The van der Waals surface area contributed by atoms with E-state index in [1.807, 2.05) is 62.6 Å². The Morgan fingerprint density at radius 1 is 1.13 bits per heavy atom. The smallest absolute Gasteiger partial charge is 0.252 e. The largest absolute Gasteiger partial charge is 0.356 e. The van der Waals surface area contributed by atoms with E-state index in [1.165, 1.54) is 0 Å². The third-order valence-corrected chi connectivity index (χ3v) is 7.36. The highest BCUT2D eigenvalue weighted by atomic mass is 16.2. The van der Waals surface area contributed by atoms with Gasteiger partial charge in [-0.25, -0.2) is 0 Å². The van der Waals surface area contributed by atoms with Gasteiger partial charge in [-0.1, -0.05) is 6.07 Å². The second-order valence-electron chi connectivity index (χ2n) is 10.8. The van der Waals surface area contributed by atoms with Crippen molar-refractivity contribution in [1.29, 1.82) is 0 Å². The predicted molar refractivity (Wildman–Crippen MR) is 146 cm³/mol. The van der Waals surface area contributed by atoms with Gasteiger partial charge in [0.2, 0.25) is 17.7 Å². The number of hydrogen-bond donors (Lipinski definition) is 1. The van der Waals surface area contributed by atoms with Gasteiger partial charge >= 0.3 is 0 Å². The van der Waals surface area contributed by atoms with E-state index in [-0.39, 0.29) is 48.6 Å². The van der Waals surface area contributed by atoms with Crippen LogP contribution in [0.4, 0.5) is 0 Å². The summed E-state index contributed by atoms with van der Waals surface area (Å²) in [4.78, 5) is 61.7. The first-order valence-corrected chi connectivity index (χ1v) is 13.9. The monoisotopic (exact) mass is 525 g/mol. The van der Waals surface area contributed by atoms with Crippen LogP contribution in [0.5, 0.6) is 0 Å². The van der Waals surface area contributed by atoms with Crippen molar-refractivity contribution >= 4 is 23.6 Å². The summed E-state index contributed by atoms with van der Waals surface area (Å²) in [5, 5.41) is 2.91. The summed E-state index contributed by atoms with van der Waals surface area (Å²) < 4.78 is 0. The van der Waals surface area contributed by atoms with Gasteiger partial charge in [-0.05, 0) is 66.0 Å². The highest BCUT2D eigenvalue weighted by Crippen LogP contribution is 2.32. The molecule has 2 aliphatic rings. The highest BCUT2D eigenvalue weighted by molar-refractivity contribution is 5.99. The van der Waals surface area contributed by atoms with Gasteiger partial charge in [-0.3, -0.25) is 24.2 Å². The predicted octanol–water partition coefficient (Wildman–Crippen LogP) is 2.91. The molecule has 0 aliphatic carbocycles. The number of likely N-dealkylation sites (tertiary alicyclic amines) is 1. The van der Waals surface area contributed by atoms with Crippen LogP contribution in [0.2, 0.25) is 0 Å². The molecule has 1 saturated heterocycles. The molecule has 9 nitrogen and oxygen atoms in total. The zero-order valence-corrected chi connectivity index (χ0v) is 23.5. The minimum Gasteiger partial charge on any atom is -0.356 e. The molecule has 208 valence electrons. The molecule has 1 unspecified atom stereocenters. The lowest BCUT2D eigenvalue weighted by molar-refractivity contribution is -0.139. The maximum absolute atomic E-state index is 13.7. The first kappa shape index (κ1) is 29.3. The van der Waals surface area contributed by atoms with Gasteiger partial charge in [-0.2, -0.15) is 0 Å². The minimum absolute atomic E-state index is 0.00315. The first-order chi connectivity index (χ1) is 18.1. The fourth-order valence-corrected chi connectivity index (χ4v) is 5.46. The topological polar surface area (TPSA) is 103 Å². The molecule has 0 aromatic carbocycles. The van der Waals surface area contributed by atoms with E-state index in [0.717, 1.165) is 18.7 Å². The summed E-state index contributed by atoms with van der Waals surface area (Å²) in [5.41, 5.74) is 2.14. The number of rotatable bonds is 12. The van der Waals surface area contributed by atoms with Crippen molar-refractivity contribution in [3.63, 3.8) is 0 Å². The first-order valence-electron chi connectivity index (χ1n) is 13.9. The van der Waals surface area contributed by atoms with E-state index >= 15 is 0 Å². The van der Waals surface area contributed by atoms with E-state index in [4.69, 9.17) is 0 Å². The lowest BCUT2D eigenvalue weighted by Gasteiger charge is -2.38. The van der Waals surface area contributed by atoms with Gasteiger partial charge in [0.05, 0.1) is 5.92 Å². The molecule has 4 amide bonds. The third kappa shape index (κ3) is 7.42. The van der Waals surface area contributed by atoms with Crippen molar-refractivity contribution in [3.05, 3.63) is 41.4 Å². The zero-order valence-electron chi connectivity index (χ0n) is 23.5. The van der Waals surface area contributed by atoms with Crippen molar-refractivity contribution in [3.8, 4) is 0 Å². The molecule has 3 heterocycles. The van der Waals surface area contributed by atoms with Gasteiger partial charge in [-0.15, -0.1) is 0 Å². The summed E-state index contributed by atoms with van der Waals surface area (Å²) in [5.74, 6) is -0.879. The van der Waals surface area contributed by atoms with Gasteiger partial charge in [0.15, 0.2) is 0 Å². The maximum atomic E-state index is 13.7. The number of pyridine rings is 1. The molecule has 1 N–H and O–H groups in total. The van der Waals surface area contributed by atoms with Crippen LogP contribution >= 0.6 is 0 Å². The second kappa shape index (κ2) is 13.5. The average Bonchev–Trinajstić information content (AvgIpc) is 3.27. The molecule has 9 heteroatoms. The molecule has 1 fully saturated rings. The van der Waals surface area contributed by atoms with E-state index in [1.54, 1.807) is 11.1 Å². The van der Waals surface area contributed by atoms with Crippen LogP contribution in [0.3, 0.4) is 0 Å². The number of aromatic nitrogens is 1. The van der Waals surface area contributed by atoms with Crippen LogP contribution in [-0.2, 0) is 25.6 Å². The van der Waals surface area contributed by atoms with Crippen molar-refractivity contribution in [1.82, 2.24) is 25.0 Å². The van der Waals surface area contributed by atoms with Crippen LogP contribution in [0.1, 0.15) is 72.4 Å². The molecule has 0 bridgehead atoms. The molecule has 0 radical (unpaired) electrons. The summed E-state index contributed by atoms with van der Waals surface area (Å²) >= 11 is 0. The Hall–Kier alpha value is -3.23. The number of nitrogens with zero attached hydrogens (tertiary/aromatic N) is 4. The number of carbonyl (C=O) groups is 4. The molecule has 1 atom stereocenters. The number of amides is 4. The van der Waals surface area contributed by atoms with Gasteiger partial charge in [0, 0.05) is 80.7 Å². The maximum Gasteiger partial charge on any atom is 0.252 e. The summed E-state index contributed by atoms with van der Waals surface area (Å²) in [6, 6.07) is 5.67. The fraction of sp³-hybridized carbons (Fsp3) is 0.621. The Morgan fingerprint density at radius 2 is 1.87 bits per heavy atom. The Kier molecular flexibility index (Phi) is 10.4. The van der Waals surface area contributed by atoms with E-state index in [0.29, 0.717) is 50.2 Å². The van der Waals surface area contributed by atoms with Crippen LogP contribution in [0, 0.1) is 5.92 Å². The van der Waals surface area contributed by atoms with Crippen molar-refractivity contribution in [2.75, 3.05) is 26.2 Å². The molecular formula is C29H43N5O4. The van der Waals surface area contributed by atoms with Crippen LogP contribution < -0.4 is 5.32 Å². The molecular weight excluding hydrogens is 482 g/mol. The second-order valence-corrected chi connectivity index (χ2v) is 10.8. The normalized spacial score (nSPS) is 18.1. The molecule has 1 aromatic rings. The summed E-state index contributed by atoms with van der Waals surface area (Å²) in [6.07, 6.45) is 4.67. The van der Waals surface area contributed by atoms with Crippen LogP contribution in [0.15, 0.2) is 35.7 Å². The number of nitrogens with one attached hydrogen (secondary N) is 1. The molecule has 0 saturated carbocycles. The summed E-state index contributed by atoms with van der Waals surface area (Å²) in [7, 11) is 0. The Balaban J connectivity index is 1.72. The SMILES string of the molecule is CC1=C(C(=O)N(C(C)C)C(C)C)CC(CC(=O)NCCc2ccccn2)C(=O)N1CCCN1CCCC1=O. The lowest BCUT2D eigenvalue weighted by atomic mass is 9.88. The van der Waals surface area contributed by atoms with E-state index in [2.05, 4.69) is 10.3 Å². The number of carbonyl (C=O) groups excluding carboxylic acids is 4. The average molecular weight is 526 g/mol. The molecule has 3 rings (SSSR count). The molecule has 2 aliphatic heterocycles. The number of allylic oxidation sites excluding steroid dienone is 1. The van der Waals surface area contributed by atoms with E-state index in [9.17, 15) is 19.2 Å². The van der Waals surface area contributed by atoms with Gasteiger partial charge in [0.25, 0.3) is 5.91 Å². The van der Waals surface area contributed by atoms with E-state index < -0.39 is 5.92 Å². The molecule has 38 heavy (non-hydrogen) atoms. The Labute approximate surface area is 226 Å². The van der Waals surface area contributed by atoms with Gasteiger partial charge < -0.3 is 20.0 Å². The lowest BCUT2D eigenvalue weighted by Crippen LogP contribution is -2.48. The Bertz CT molecular complexity index is 1030. The number of hydrogen-bond acceptors (Lipinski definition) is 5. The molecule has 1 aromatic heterocycles. The fourth-order valence-electron chi connectivity index (χ4n) is 5.46. The summed E-state index contributed by atoms with van der Waals surface area (Å²) in [6.45, 7) is 11.9. The molecule has 0 spiro atoms. The van der Waals surface area contributed by atoms with Crippen molar-refractivity contribution in [2.24, 2.45) is 5.92 Å². The highest BCUT2D eigenvalue weighted by Gasteiger charge is 2.38. The zero-order chi connectivity index (χ0) is 27.8. The third-order valence-electron chi connectivity index (χ3n) is 7.36. The standard InChI is InChI=1S/C29H43N5O4/c1-20(2)34(21(3)4)29(38)25-18-23(19-26(35)31-14-12-24-10-6-7-13-30-24)28(37)33(22(25)5)17-9-16-32-15-8-11-27(32)36/h6-7,10,13,20-21,23H,8-9,11-12,14-19H2,1-5H3,(H,31,35). The quantitative estimate of drug-likeness (QED) is 0.452.